The Kier molecular flexibility index (Phi) is 4.84. The van der Waals surface area contributed by atoms with E-state index in [0.29, 0.717) is 5.92 Å². The van der Waals surface area contributed by atoms with Crippen LogP contribution in [0.15, 0.2) is 40.9 Å². The molecule has 0 bridgehead atoms. The second-order valence-corrected chi connectivity index (χ2v) is 5.38. The van der Waals surface area contributed by atoms with Gasteiger partial charge in [-0.25, -0.2) is 0 Å². The molecule has 1 N–H and O–H groups in total. The summed E-state index contributed by atoms with van der Waals surface area (Å²) >= 11 is 1.75. The van der Waals surface area contributed by atoms with Crippen LogP contribution in [-0.2, 0) is 5.75 Å². The first kappa shape index (κ1) is 13.2. The summed E-state index contributed by atoms with van der Waals surface area (Å²) in [5.41, 5.74) is 1.95. The molecule has 18 heavy (non-hydrogen) atoms. The summed E-state index contributed by atoms with van der Waals surface area (Å²) in [7, 11) is 0. The van der Waals surface area contributed by atoms with E-state index in [1.54, 1.807) is 11.8 Å². The Labute approximate surface area is 111 Å². The van der Waals surface area contributed by atoms with Gasteiger partial charge in [0.1, 0.15) is 11.5 Å². The zero-order chi connectivity index (χ0) is 12.8. The average molecular weight is 263 g/mol. The van der Waals surface area contributed by atoms with Gasteiger partial charge >= 0.3 is 0 Å². The quantitative estimate of drug-likeness (QED) is 0.869. The number of nitrogens with zero attached hydrogens (tertiary/aromatic N) is 1. The molecule has 4 heteroatoms. The molecule has 0 aliphatic rings. The monoisotopic (exact) mass is 263 g/mol. The van der Waals surface area contributed by atoms with Crippen LogP contribution in [0.4, 0.5) is 0 Å². The normalized spacial score (nSPS) is 12.6. The third-order valence-electron chi connectivity index (χ3n) is 2.59. The van der Waals surface area contributed by atoms with Gasteiger partial charge < -0.3 is 9.63 Å². The summed E-state index contributed by atoms with van der Waals surface area (Å²) < 4.78 is 5.30. The number of benzene rings is 1. The Hall–Kier alpha value is -1.26. The second kappa shape index (κ2) is 6.61. The van der Waals surface area contributed by atoms with E-state index in [2.05, 4.69) is 5.16 Å². The number of thioether (sulfide) groups is 1. The minimum Gasteiger partial charge on any atom is -0.396 e. The fourth-order valence-corrected chi connectivity index (χ4v) is 2.50. The van der Waals surface area contributed by atoms with Gasteiger partial charge in [0.25, 0.3) is 0 Å². The molecule has 2 aromatic rings. The highest BCUT2D eigenvalue weighted by molar-refractivity contribution is 7.98. The zero-order valence-electron chi connectivity index (χ0n) is 10.4. The Balaban J connectivity index is 1.91. The van der Waals surface area contributed by atoms with Crippen LogP contribution in [0.25, 0.3) is 11.3 Å². The summed E-state index contributed by atoms with van der Waals surface area (Å²) in [6, 6.07) is 12.0. The van der Waals surface area contributed by atoms with Crippen molar-refractivity contribution in [2.24, 2.45) is 5.92 Å². The van der Waals surface area contributed by atoms with Gasteiger partial charge in [0, 0.05) is 18.2 Å². The van der Waals surface area contributed by atoms with Crippen LogP contribution in [0.5, 0.6) is 0 Å². The summed E-state index contributed by atoms with van der Waals surface area (Å²) in [4.78, 5) is 0. The summed E-state index contributed by atoms with van der Waals surface area (Å²) in [6.07, 6.45) is 0. The number of rotatable bonds is 6. The molecule has 0 spiro atoms. The van der Waals surface area contributed by atoms with Crippen molar-refractivity contribution < 1.29 is 9.63 Å². The van der Waals surface area contributed by atoms with Crippen molar-refractivity contribution in [3.05, 3.63) is 42.2 Å². The fraction of sp³-hybridized carbons (Fsp3) is 0.357. The molecule has 0 radical (unpaired) electrons. The van der Waals surface area contributed by atoms with E-state index in [4.69, 9.17) is 9.63 Å². The van der Waals surface area contributed by atoms with Crippen molar-refractivity contribution in [2.45, 2.75) is 12.7 Å². The largest absolute Gasteiger partial charge is 0.396 e. The van der Waals surface area contributed by atoms with E-state index in [1.807, 2.05) is 43.3 Å². The lowest BCUT2D eigenvalue weighted by atomic mass is 10.1. The molecule has 0 aliphatic heterocycles. The number of aliphatic hydroxyl groups excluding tert-OH is 1. The molecule has 0 saturated heterocycles. The maximum absolute atomic E-state index is 8.94. The zero-order valence-corrected chi connectivity index (χ0v) is 11.2. The topological polar surface area (TPSA) is 46.3 Å². The van der Waals surface area contributed by atoms with Gasteiger partial charge in [-0.3, -0.25) is 0 Å². The van der Waals surface area contributed by atoms with Crippen molar-refractivity contribution in [1.82, 2.24) is 5.16 Å². The molecular weight excluding hydrogens is 246 g/mol. The molecule has 0 aliphatic carbocycles. The summed E-state index contributed by atoms with van der Waals surface area (Å²) in [6.45, 7) is 2.27. The smallest absolute Gasteiger partial charge is 0.147 e. The van der Waals surface area contributed by atoms with E-state index in [1.165, 1.54) is 0 Å². The fourth-order valence-electron chi connectivity index (χ4n) is 1.54. The van der Waals surface area contributed by atoms with E-state index in [-0.39, 0.29) is 6.61 Å². The van der Waals surface area contributed by atoms with Gasteiger partial charge in [-0.15, -0.1) is 0 Å². The van der Waals surface area contributed by atoms with E-state index >= 15 is 0 Å². The molecule has 1 atom stereocenters. The minimum absolute atomic E-state index is 0.235. The van der Waals surface area contributed by atoms with Crippen molar-refractivity contribution in [3.63, 3.8) is 0 Å². The Morgan fingerprint density at radius 3 is 2.83 bits per heavy atom. The third kappa shape index (κ3) is 3.62. The van der Waals surface area contributed by atoms with Gasteiger partial charge in [0.2, 0.25) is 0 Å². The van der Waals surface area contributed by atoms with Gasteiger partial charge in [-0.1, -0.05) is 42.4 Å². The summed E-state index contributed by atoms with van der Waals surface area (Å²) in [5.74, 6) is 2.93. The molecule has 1 aromatic heterocycles. The van der Waals surface area contributed by atoms with Crippen LogP contribution < -0.4 is 0 Å². The van der Waals surface area contributed by atoms with Crippen molar-refractivity contribution >= 4 is 11.8 Å². The Morgan fingerprint density at radius 1 is 1.33 bits per heavy atom. The summed E-state index contributed by atoms with van der Waals surface area (Å²) in [5, 5.41) is 13.0. The molecule has 2 rings (SSSR count). The first-order valence-corrected chi connectivity index (χ1v) is 7.14. The number of aromatic nitrogens is 1. The van der Waals surface area contributed by atoms with Gasteiger partial charge in [0.05, 0.1) is 5.75 Å². The number of hydrogen-bond donors (Lipinski definition) is 1. The second-order valence-electron chi connectivity index (χ2n) is 4.35. The van der Waals surface area contributed by atoms with Gasteiger partial charge in [-0.05, 0) is 11.7 Å². The van der Waals surface area contributed by atoms with Crippen molar-refractivity contribution in [2.75, 3.05) is 12.4 Å². The number of hydrogen-bond acceptors (Lipinski definition) is 4. The van der Waals surface area contributed by atoms with Gasteiger partial charge in [-0.2, -0.15) is 11.8 Å². The molecule has 3 nitrogen and oxygen atoms in total. The van der Waals surface area contributed by atoms with Gasteiger partial charge in [0.15, 0.2) is 0 Å². The van der Waals surface area contributed by atoms with Crippen LogP contribution >= 0.6 is 11.8 Å². The molecule has 0 amide bonds. The third-order valence-corrected chi connectivity index (χ3v) is 3.88. The molecular formula is C14H17NO2S. The standard InChI is InChI=1S/C14H17NO2S/c1-11(8-16)9-18-10-13-7-14(15-17-13)12-5-3-2-4-6-12/h2-7,11,16H,8-10H2,1H3. The maximum atomic E-state index is 8.94. The molecule has 1 aromatic carbocycles. The van der Waals surface area contributed by atoms with Crippen LogP contribution in [0.1, 0.15) is 12.7 Å². The van der Waals surface area contributed by atoms with E-state index in [0.717, 1.165) is 28.5 Å². The van der Waals surface area contributed by atoms with Crippen molar-refractivity contribution in [3.8, 4) is 11.3 Å². The lowest BCUT2D eigenvalue weighted by Gasteiger charge is -2.04. The highest BCUT2D eigenvalue weighted by atomic mass is 32.2. The lowest BCUT2D eigenvalue weighted by molar-refractivity contribution is 0.250. The van der Waals surface area contributed by atoms with Crippen LogP contribution in [0.2, 0.25) is 0 Å². The van der Waals surface area contributed by atoms with Crippen molar-refractivity contribution in [1.29, 1.82) is 0 Å². The number of aliphatic hydroxyl groups is 1. The highest BCUT2D eigenvalue weighted by Gasteiger charge is 2.07. The first-order valence-electron chi connectivity index (χ1n) is 5.99. The maximum Gasteiger partial charge on any atom is 0.147 e. The van der Waals surface area contributed by atoms with E-state index in [9.17, 15) is 0 Å². The predicted molar refractivity (Wildman–Crippen MR) is 74.4 cm³/mol. The molecule has 1 unspecified atom stereocenters. The van der Waals surface area contributed by atoms with Crippen LogP contribution in [-0.4, -0.2) is 22.6 Å². The molecule has 1 heterocycles. The predicted octanol–water partition coefficient (Wildman–Crippen LogP) is 3.20. The van der Waals surface area contributed by atoms with E-state index < -0.39 is 0 Å². The molecule has 96 valence electrons. The van der Waals surface area contributed by atoms with Crippen LogP contribution in [0, 0.1) is 5.92 Å². The molecule has 0 fully saturated rings. The SMILES string of the molecule is CC(CO)CSCc1cc(-c2ccccc2)no1. The Morgan fingerprint density at radius 2 is 2.11 bits per heavy atom. The average Bonchev–Trinajstić information content (AvgIpc) is 2.88. The molecule has 0 saturated carbocycles. The first-order chi connectivity index (χ1) is 8.79. The van der Waals surface area contributed by atoms with Crippen LogP contribution in [0.3, 0.4) is 0 Å². The minimum atomic E-state index is 0.235. The Bertz CT molecular complexity index is 470. The highest BCUT2D eigenvalue weighted by Crippen LogP contribution is 2.22. The lowest BCUT2D eigenvalue weighted by Crippen LogP contribution is -2.03.